The van der Waals surface area contributed by atoms with E-state index in [-0.39, 0.29) is 11.7 Å². The van der Waals surface area contributed by atoms with Crippen LogP contribution in [0.1, 0.15) is 0 Å². The molecule has 0 radical (unpaired) electrons. The minimum absolute atomic E-state index is 0.156. The number of amides is 1. The molecule has 4 rings (SSSR count). The van der Waals surface area contributed by atoms with E-state index in [1.165, 1.54) is 11.8 Å². The highest BCUT2D eigenvalue weighted by Gasteiger charge is 2.20. The monoisotopic (exact) mass is 456 g/mol. The number of anilines is 1. The third kappa shape index (κ3) is 4.35. The van der Waals surface area contributed by atoms with Gasteiger partial charge in [0.25, 0.3) is 0 Å². The summed E-state index contributed by atoms with van der Waals surface area (Å²) in [6, 6.07) is 18.7. The summed E-state index contributed by atoms with van der Waals surface area (Å²) in [5.41, 5.74) is 1.39. The number of hydrogen-bond acceptors (Lipinski definition) is 6. The molecule has 2 heterocycles. The van der Waals surface area contributed by atoms with Crippen LogP contribution in [-0.2, 0) is 4.79 Å². The summed E-state index contributed by atoms with van der Waals surface area (Å²) in [6.45, 7) is 0. The SMILES string of the molecule is COc1ccccc1-n1c(SCC(=O)Nc2ccccc2Cl)nnc1-c1cccs1. The largest absolute Gasteiger partial charge is 0.495 e. The maximum absolute atomic E-state index is 12.5. The van der Waals surface area contributed by atoms with Crippen molar-refractivity contribution in [3.63, 3.8) is 0 Å². The van der Waals surface area contributed by atoms with Gasteiger partial charge in [0.15, 0.2) is 11.0 Å². The lowest BCUT2D eigenvalue weighted by atomic mass is 10.3. The average molecular weight is 457 g/mol. The van der Waals surface area contributed by atoms with E-state index in [1.54, 1.807) is 30.6 Å². The van der Waals surface area contributed by atoms with Gasteiger partial charge in [-0.2, -0.15) is 0 Å². The van der Waals surface area contributed by atoms with Crippen molar-refractivity contribution in [2.45, 2.75) is 5.16 Å². The number of para-hydroxylation sites is 3. The standard InChI is InChI=1S/C21H17ClN4O2S2/c1-28-17-10-5-4-9-16(17)26-20(18-11-6-12-29-18)24-25-21(26)30-13-19(27)23-15-8-3-2-7-14(15)22/h2-12H,13H2,1H3,(H,23,27). The van der Waals surface area contributed by atoms with Gasteiger partial charge in [-0.15, -0.1) is 21.5 Å². The Balaban J connectivity index is 1.62. The van der Waals surface area contributed by atoms with Gasteiger partial charge in [-0.1, -0.05) is 53.7 Å². The molecule has 0 aliphatic heterocycles. The summed E-state index contributed by atoms with van der Waals surface area (Å²) in [7, 11) is 1.62. The highest BCUT2D eigenvalue weighted by molar-refractivity contribution is 7.99. The summed E-state index contributed by atoms with van der Waals surface area (Å²) in [4.78, 5) is 13.4. The molecule has 0 saturated heterocycles. The zero-order chi connectivity index (χ0) is 20.9. The van der Waals surface area contributed by atoms with Gasteiger partial charge in [0.1, 0.15) is 5.75 Å². The molecule has 30 heavy (non-hydrogen) atoms. The Bertz CT molecular complexity index is 1160. The number of aromatic nitrogens is 3. The van der Waals surface area contributed by atoms with Crippen molar-refractivity contribution in [3.05, 3.63) is 71.1 Å². The molecule has 1 N–H and O–H groups in total. The molecule has 6 nitrogen and oxygen atoms in total. The lowest BCUT2D eigenvalue weighted by Gasteiger charge is -2.13. The van der Waals surface area contributed by atoms with E-state index < -0.39 is 0 Å². The predicted octanol–water partition coefficient (Wildman–Crippen LogP) is 5.39. The molecular formula is C21H17ClN4O2S2. The van der Waals surface area contributed by atoms with Crippen LogP contribution in [0.4, 0.5) is 5.69 Å². The quantitative estimate of drug-likeness (QED) is 0.377. The number of thioether (sulfide) groups is 1. The van der Waals surface area contributed by atoms with Gasteiger partial charge in [0.05, 0.1) is 34.1 Å². The molecule has 1 amide bonds. The zero-order valence-electron chi connectivity index (χ0n) is 15.9. The van der Waals surface area contributed by atoms with Crippen LogP contribution in [0.5, 0.6) is 5.75 Å². The van der Waals surface area contributed by atoms with Gasteiger partial charge in [0.2, 0.25) is 5.91 Å². The Kier molecular flexibility index (Phi) is 6.37. The van der Waals surface area contributed by atoms with Crippen LogP contribution in [0.15, 0.2) is 71.2 Å². The summed E-state index contributed by atoms with van der Waals surface area (Å²) in [5, 5.41) is 14.6. The molecule has 0 bridgehead atoms. The highest BCUT2D eigenvalue weighted by Crippen LogP contribution is 2.34. The van der Waals surface area contributed by atoms with Crippen LogP contribution < -0.4 is 10.1 Å². The second-order valence-electron chi connectivity index (χ2n) is 6.11. The Morgan fingerprint density at radius 2 is 1.93 bits per heavy atom. The normalized spacial score (nSPS) is 10.7. The highest BCUT2D eigenvalue weighted by atomic mass is 35.5. The molecule has 152 valence electrons. The first-order valence-corrected chi connectivity index (χ1v) is 11.2. The lowest BCUT2D eigenvalue weighted by molar-refractivity contribution is -0.113. The van der Waals surface area contributed by atoms with Crippen LogP contribution in [0.25, 0.3) is 16.4 Å². The molecule has 0 spiro atoms. The molecule has 0 unspecified atom stereocenters. The van der Waals surface area contributed by atoms with Gasteiger partial charge in [-0.25, -0.2) is 0 Å². The number of rotatable bonds is 7. The predicted molar refractivity (Wildman–Crippen MR) is 122 cm³/mol. The number of nitrogens with zero attached hydrogens (tertiary/aromatic N) is 3. The second-order valence-corrected chi connectivity index (χ2v) is 8.40. The van der Waals surface area contributed by atoms with Gasteiger partial charge in [-0.05, 0) is 35.7 Å². The van der Waals surface area contributed by atoms with Crippen LogP contribution in [0.3, 0.4) is 0 Å². The van der Waals surface area contributed by atoms with E-state index >= 15 is 0 Å². The molecule has 0 aliphatic rings. The first kappa shape index (κ1) is 20.5. The van der Waals surface area contributed by atoms with E-state index in [1.807, 2.05) is 58.5 Å². The molecule has 0 saturated carbocycles. The van der Waals surface area contributed by atoms with E-state index in [9.17, 15) is 4.79 Å². The van der Waals surface area contributed by atoms with Crippen molar-refractivity contribution >= 4 is 46.3 Å². The number of carbonyl (C=O) groups excluding carboxylic acids is 1. The van der Waals surface area contributed by atoms with Gasteiger partial charge in [0, 0.05) is 0 Å². The zero-order valence-corrected chi connectivity index (χ0v) is 18.3. The number of carbonyl (C=O) groups is 1. The topological polar surface area (TPSA) is 69.0 Å². The number of thiophene rings is 1. The van der Waals surface area contributed by atoms with Gasteiger partial charge in [-0.3, -0.25) is 9.36 Å². The molecule has 2 aromatic heterocycles. The molecule has 2 aromatic carbocycles. The first-order valence-electron chi connectivity index (χ1n) is 8.97. The fourth-order valence-electron chi connectivity index (χ4n) is 2.84. The fraction of sp³-hybridized carbons (Fsp3) is 0.0952. The van der Waals surface area contributed by atoms with E-state index in [4.69, 9.17) is 16.3 Å². The van der Waals surface area contributed by atoms with E-state index in [0.29, 0.717) is 27.4 Å². The van der Waals surface area contributed by atoms with Gasteiger partial charge < -0.3 is 10.1 Å². The van der Waals surface area contributed by atoms with Crippen molar-refractivity contribution in [1.82, 2.24) is 14.8 Å². The average Bonchev–Trinajstić information content (AvgIpc) is 3.43. The summed E-state index contributed by atoms with van der Waals surface area (Å²) in [5.74, 6) is 1.37. The minimum atomic E-state index is -0.180. The van der Waals surface area contributed by atoms with Crippen molar-refractivity contribution in [1.29, 1.82) is 0 Å². The van der Waals surface area contributed by atoms with Crippen LogP contribution in [0, 0.1) is 0 Å². The van der Waals surface area contributed by atoms with E-state index in [0.717, 1.165) is 10.6 Å². The Labute approximate surface area is 186 Å². The minimum Gasteiger partial charge on any atom is -0.495 e. The maximum atomic E-state index is 12.5. The maximum Gasteiger partial charge on any atom is 0.234 e. The Morgan fingerprint density at radius 3 is 2.70 bits per heavy atom. The fourth-order valence-corrected chi connectivity index (χ4v) is 4.47. The van der Waals surface area contributed by atoms with Crippen molar-refractivity contribution in [2.24, 2.45) is 0 Å². The lowest BCUT2D eigenvalue weighted by Crippen LogP contribution is -2.15. The smallest absolute Gasteiger partial charge is 0.234 e. The van der Waals surface area contributed by atoms with Crippen LogP contribution >= 0.6 is 34.7 Å². The summed E-state index contributed by atoms with van der Waals surface area (Å²) >= 11 is 8.99. The van der Waals surface area contributed by atoms with Crippen molar-refractivity contribution < 1.29 is 9.53 Å². The molecule has 9 heteroatoms. The summed E-state index contributed by atoms with van der Waals surface area (Å²) in [6.07, 6.45) is 0. The third-order valence-electron chi connectivity index (χ3n) is 4.18. The Morgan fingerprint density at radius 1 is 1.13 bits per heavy atom. The number of nitrogens with one attached hydrogen (secondary N) is 1. The Hall–Kier alpha value is -2.81. The molecule has 0 aliphatic carbocycles. The van der Waals surface area contributed by atoms with Crippen molar-refractivity contribution in [3.8, 4) is 22.1 Å². The number of hydrogen-bond donors (Lipinski definition) is 1. The van der Waals surface area contributed by atoms with Crippen LogP contribution in [-0.4, -0.2) is 33.5 Å². The molecule has 0 fully saturated rings. The number of halogens is 1. The third-order valence-corrected chi connectivity index (χ3v) is 6.31. The van der Waals surface area contributed by atoms with Crippen LogP contribution in [0.2, 0.25) is 5.02 Å². The number of ether oxygens (including phenoxy) is 1. The second kappa shape index (κ2) is 9.34. The molecular weight excluding hydrogens is 440 g/mol. The summed E-state index contributed by atoms with van der Waals surface area (Å²) < 4.78 is 7.45. The number of methoxy groups -OCH3 is 1. The molecule has 4 aromatic rings. The van der Waals surface area contributed by atoms with E-state index in [2.05, 4.69) is 15.5 Å². The first-order chi connectivity index (χ1) is 14.7. The molecule has 0 atom stereocenters. The van der Waals surface area contributed by atoms with Gasteiger partial charge >= 0.3 is 0 Å². The number of benzene rings is 2. The van der Waals surface area contributed by atoms with Crippen molar-refractivity contribution in [2.75, 3.05) is 18.2 Å².